The van der Waals surface area contributed by atoms with E-state index in [1.165, 1.54) is 11.3 Å². The molecular formula is C61H54BrCl4N5O6S2. The van der Waals surface area contributed by atoms with E-state index in [4.69, 9.17) is 81.5 Å². The maximum absolute atomic E-state index is 12.3. The van der Waals surface area contributed by atoms with E-state index in [0.717, 1.165) is 147 Å². The SMILES string of the molecule is OC1(c2nc3ccc(Br)cc3s2)[C@@H]2CC3C[C@H]1CC(OCc1c(-c4c(Cl)cccc4Cl)noc1C1CC1)(C3)C2.[C-]#[N+]c1ccc2nc(C3(O)[C@@H]4CC5C[C@H]3CC(OCc3c(-c6c(Cl)cccc6Cl)noc3C3CC3)(C5)C4)sc2c1. The molecule has 11 nitrogen and oxygen atoms in total. The Morgan fingerprint density at radius 2 is 1.01 bits per heavy atom. The number of nitrogens with zero attached hydrogens (tertiary/aromatic N) is 5. The molecule has 79 heavy (non-hydrogen) atoms. The van der Waals surface area contributed by atoms with Crippen molar-refractivity contribution in [2.24, 2.45) is 35.5 Å². The summed E-state index contributed by atoms with van der Waals surface area (Å²) in [5.74, 6) is 4.08. The first kappa shape index (κ1) is 51.9. The van der Waals surface area contributed by atoms with E-state index in [1.807, 2.05) is 60.7 Å². The van der Waals surface area contributed by atoms with Gasteiger partial charge in [-0.25, -0.2) is 14.8 Å². The number of hydrogen-bond acceptors (Lipinski definition) is 12. The van der Waals surface area contributed by atoms with Gasteiger partial charge in [-0.1, -0.05) is 90.8 Å². The van der Waals surface area contributed by atoms with Gasteiger partial charge < -0.3 is 28.7 Å². The van der Waals surface area contributed by atoms with Gasteiger partial charge in [0.1, 0.15) is 44.1 Å². The number of aromatic nitrogens is 4. The highest BCUT2D eigenvalue weighted by atomic mass is 79.9. The summed E-state index contributed by atoms with van der Waals surface area (Å²) in [6.07, 6.45) is 13.7. The minimum Gasteiger partial charge on any atom is -0.382 e. The number of ether oxygens (including phenoxy) is 2. The van der Waals surface area contributed by atoms with Gasteiger partial charge in [0.05, 0.1) is 66.8 Å². The first-order valence-corrected chi connectivity index (χ1v) is 31.6. The average Bonchev–Trinajstić information content (AvgIpc) is 3.04. The number of thiazole rings is 2. The Bertz CT molecular complexity index is 3730. The van der Waals surface area contributed by atoms with E-state index in [0.29, 0.717) is 85.2 Å². The van der Waals surface area contributed by atoms with Crippen LogP contribution in [0, 0.1) is 42.1 Å². The summed E-state index contributed by atoms with van der Waals surface area (Å²) in [5, 5.41) is 37.4. The smallest absolute Gasteiger partial charge is 0.188 e. The summed E-state index contributed by atoms with van der Waals surface area (Å²) in [5.41, 5.74) is 4.67. The second-order valence-electron chi connectivity index (χ2n) is 24.2. The summed E-state index contributed by atoms with van der Waals surface area (Å²) in [6.45, 7) is 8.14. The molecule has 406 valence electrons. The zero-order valence-corrected chi connectivity index (χ0v) is 49.1. The second kappa shape index (κ2) is 19.3. The topological polar surface area (TPSA) is 141 Å². The Labute approximate surface area is 493 Å². The largest absolute Gasteiger partial charge is 0.382 e. The Kier molecular flexibility index (Phi) is 12.7. The van der Waals surface area contributed by atoms with E-state index in [-0.39, 0.29) is 34.9 Å². The maximum Gasteiger partial charge on any atom is 0.188 e. The molecule has 0 aliphatic heterocycles. The van der Waals surface area contributed by atoms with Crippen LogP contribution < -0.4 is 0 Å². The maximum atomic E-state index is 12.3. The van der Waals surface area contributed by atoms with Crippen molar-refractivity contribution < 1.29 is 28.7 Å². The molecule has 6 unspecified atom stereocenters. The fourth-order valence-electron chi connectivity index (χ4n) is 15.6. The van der Waals surface area contributed by atoms with Crippen LogP contribution in [0.15, 0.2) is 86.3 Å². The molecule has 10 aliphatic rings. The molecular weight excluding hydrogens is 1180 g/mol. The third kappa shape index (κ3) is 8.71. The fourth-order valence-corrected chi connectivity index (χ4v) is 19.8. The molecule has 4 aromatic heterocycles. The molecule has 8 bridgehead atoms. The fraction of sp³-hybridized carbons (Fsp3) is 0.459. The Morgan fingerprint density at radius 1 is 0.595 bits per heavy atom. The van der Waals surface area contributed by atoms with Gasteiger partial charge in [-0.05, 0) is 180 Å². The summed E-state index contributed by atoms with van der Waals surface area (Å²) in [4.78, 5) is 13.4. The van der Waals surface area contributed by atoms with Crippen LogP contribution in [0.25, 0.3) is 47.8 Å². The molecule has 4 heterocycles. The molecule has 0 radical (unpaired) electrons. The van der Waals surface area contributed by atoms with Crippen molar-refractivity contribution in [2.45, 2.75) is 137 Å². The Hall–Kier alpha value is -3.95. The molecule has 0 amide bonds. The van der Waals surface area contributed by atoms with Crippen molar-refractivity contribution in [3.05, 3.63) is 141 Å². The number of aliphatic hydroxyl groups is 2. The predicted molar refractivity (Wildman–Crippen MR) is 311 cm³/mol. The third-order valence-electron chi connectivity index (χ3n) is 19.3. The molecule has 4 aromatic carbocycles. The van der Waals surface area contributed by atoms with Gasteiger partial charge in [0, 0.05) is 43.3 Å². The van der Waals surface area contributed by atoms with Crippen LogP contribution in [0.2, 0.25) is 20.1 Å². The van der Waals surface area contributed by atoms with Crippen LogP contribution in [0.1, 0.15) is 134 Å². The molecule has 0 spiro atoms. The Balaban J connectivity index is 0.000000137. The second-order valence-corrected chi connectivity index (χ2v) is 28.8. The van der Waals surface area contributed by atoms with Crippen molar-refractivity contribution in [1.82, 2.24) is 20.3 Å². The lowest BCUT2D eigenvalue weighted by Crippen LogP contribution is -2.62. The van der Waals surface area contributed by atoms with E-state index in [2.05, 4.69) is 37.2 Å². The number of benzene rings is 4. The van der Waals surface area contributed by atoms with E-state index < -0.39 is 11.2 Å². The lowest BCUT2D eigenvalue weighted by molar-refractivity contribution is -0.250. The molecule has 8 aromatic rings. The van der Waals surface area contributed by atoms with Crippen molar-refractivity contribution in [3.63, 3.8) is 0 Å². The first-order chi connectivity index (χ1) is 38.2. The molecule has 10 aliphatic carbocycles. The standard InChI is InChI=1S/C31H27Cl2N3O3S.C30H27BrCl2N2O3S/c1-34-20-7-8-24-25(11-20)40-29(35-24)31(37)18-9-16-10-19(31)14-30(12-16,13-18)38-15-21-27(36-39-28(21)17-5-6-17)26-22(32)3-2-4-23(26)33;31-19-6-7-23-24(10-19)39-28(34-23)30(36)17-8-15-9-18(30)13-29(11-15,12-17)37-14-20-26(35-38-27(20)16-4-5-16)25-21(32)2-1-3-22(25)33/h2-4,7-8,11,16-19,37H,5-6,9-10,12-15H2;1-3,6-7,10,15-18,36H,4-5,8-9,11-14H2/t16?,18-,19+,30?,31?;15?,17-,18+,29?,30?. The Morgan fingerprint density at radius 3 is 1.43 bits per heavy atom. The van der Waals surface area contributed by atoms with E-state index >= 15 is 0 Å². The van der Waals surface area contributed by atoms with Gasteiger partial charge in [-0.15, -0.1) is 22.7 Å². The summed E-state index contributed by atoms with van der Waals surface area (Å²) < 4.78 is 28.7. The first-order valence-electron chi connectivity index (χ1n) is 27.6. The van der Waals surface area contributed by atoms with Crippen molar-refractivity contribution in [1.29, 1.82) is 0 Å². The molecule has 18 rings (SSSR count). The average molecular weight is 1240 g/mol. The zero-order chi connectivity index (χ0) is 53.7. The zero-order valence-electron chi connectivity index (χ0n) is 42.8. The minimum absolute atomic E-state index is 0.0857. The summed E-state index contributed by atoms with van der Waals surface area (Å²) >= 11 is 33.1. The number of fused-ring (bicyclic) bond motifs is 2. The summed E-state index contributed by atoms with van der Waals surface area (Å²) in [6, 6.07) is 22.7. The van der Waals surface area contributed by atoms with Gasteiger partial charge in [0.2, 0.25) is 0 Å². The van der Waals surface area contributed by atoms with E-state index in [1.54, 1.807) is 17.4 Å². The highest BCUT2D eigenvalue weighted by Gasteiger charge is 2.65. The molecule has 0 saturated heterocycles. The molecule has 10 fully saturated rings. The van der Waals surface area contributed by atoms with Crippen molar-refractivity contribution in [3.8, 4) is 22.5 Å². The van der Waals surface area contributed by atoms with Crippen LogP contribution in [0.5, 0.6) is 0 Å². The van der Waals surface area contributed by atoms with Crippen LogP contribution >= 0.6 is 85.0 Å². The monoisotopic (exact) mass is 1240 g/mol. The van der Waals surface area contributed by atoms with Gasteiger partial charge in [-0.3, -0.25) is 0 Å². The van der Waals surface area contributed by atoms with Gasteiger partial charge in [-0.2, -0.15) is 0 Å². The van der Waals surface area contributed by atoms with E-state index in [9.17, 15) is 10.2 Å². The van der Waals surface area contributed by atoms with Crippen molar-refractivity contribution in [2.75, 3.05) is 0 Å². The van der Waals surface area contributed by atoms with Gasteiger partial charge in [0.15, 0.2) is 5.69 Å². The predicted octanol–water partition coefficient (Wildman–Crippen LogP) is 17.6. The lowest BCUT2D eigenvalue weighted by atomic mass is 9.48. The third-order valence-corrected chi connectivity index (χ3v) is 23.3. The highest BCUT2D eigenvalue weighted by Crippen LogP contribution is 2.67. The normalized spacial score (nSPS) is 31.1. The minimum atomic E-state index is -0.960. The molecule has 2 N–H and O–H groups in total. The van der Waals surface area contributed by atoms with Crippen LogP contribution in [-0.2, 0) is 33.9 Å². The number of rotatable bonds is 12. The van der Waals surface area contributed by atoms with Crippen molar-refractivity contribution >= 4 is 111 Å². The quantitative estimate of drug-likeness (QED) is 0.114. The van der Waals surface area contributed by atoms with Gasteiger partial charge >= 0.3 is 0 Å². The number of hydrogen-bond donors (Lipinski definition) is 2. The highest BCUT2D eigenvalue weighted by molar-refractivity contribution is 9.10. The molecule has 18 heteroatoms. The van der Waals surface area contributed by atoms with Crippen LogP contribution in [0.3, 0.4) is 0 Å². The molecule has 10 saturated carbocycles. The summed E-state index contributed by atoms with van der Waals surface area (Å²) in [7, 11) is 0. The lowest BCUT2D eigenvalue weighted by Gasteiger charge is -2.62. The molecule has 10 atom stereocenters. The van der Waals surface area contributed by atoms with Crippen LogP contribution in [0.4, 0.5) is 5.69 Å². The van der Waals surface area contributed by atoms with Crippen LogP contribution in [-0.4, -0.2) is 41.7 Å². The number of halogens is 5. The van der Waals surface area contributed by atoms with Gasteiger partial charge in [0.25, 0.3) is 0 Å².